The highest BCUT2D eigenvalue weighted by molar-refractivity contribution is 6.03. The Labute approximate surface area is 183 Å². The van der Waals surface area contributed by atoms with Gasteiger partial charge in [-0.05, 0) is 37.0 Å². The summed E-state index contributed by atoms with van der Waals surface area (Å²) in [6, 6.07) is 3.02. The Morgan fingerprint density at radius 1 is 1.03 bits per heavy atom. The average Bonchev–Trinajstić information content (AvgIpc) is 3.33. The van der Waals surface area contributed by atoms with E-state index in [-0.39, 0.29) is 23.9 Å². The Bertz CT molecular complexity index is 856. The summed E-state index contributed by atoms with van der Waals surface area (Å²) in [5, 5.41) is 2.86. The Kier molecular flexibility index (Phi) is 6.92. The third kappa shape index (κ3) is 5.38. The number of ether oxygens (including phenoxy) is 3. The fourth-order valence-corrected chi connectivity index (χ4v) is 4.64. The molecule has 3 atom stereocenters. The first-order chi connectivity index (χ1) is 14.6. The number of hydrogen-bond donors (Lipinski definition) is 1. The summed E-state index contributed by atoms with van der Waals surface area (Å²) in [5.41, 5.74) is -0.199. The third-order valence-corrected chi connectivity index (χ3v) is 6.52. The number of fused-ring (bicyclic) bond motifs is 2. The van der Waals surface area contributed by atoms with Crippen LogP contribution in [0.1, 0.15) is 63.2 Å². The van der Waals surface area contributed by atoms with E-state index in [1.54, 1.807) is 26.8 Å². The lowest BCUT2D eigenvalue weighted by atomic mass is 9.86. The summed E-state index contributed by atoms with van der Waals surface area (Å²) in [7, 11) is 2.95. The number of anilines is 1. The maximum Gasteiger partial charge on any atom is 0.340 e. The number of ketones is 1. The number of carbonyl (C=O) groups is 3. The van der Waals surface area contributed by atoms with Gasteiger partial charge in [0.25, 0.3) is 0 Å². The van der Waals surface area contributed by atoms with Gasteiger partial charge in [-0.2, -0.15) is 0 Å². The molecule has 0 heterocycles. The molecule has 170 valence electrons. The fraction of sp³-hybridized carbons (Fsp3) is 0.625. The number of Topliss-reactive ketones (excluding diaryl/α,β-unsaturated/α-hetero) is 1. The van der Waals surface area contributed by atoms with Crippen LogP contribution in [0.15, 0.2) is 12.1 Å². The maximum atomic E-state index is 12.8. The summed E-state index contributed by atoms with van der Waals surface area (Å²) < 4.78 is 15.9. The number of benzene rings is 1. The van der Waals surface area contributed by atoms with Crippen LogP contribution in [-0.4, -0.2) is 38.5 Å². The predicted octanol–water partition coefficient (Wildman–Crippen LogP) is 4.24. The van der Waals surface area contributed by atoms with Gasteiger partial charge in [-0.1, -0.05) is 27.2 Å². The van der Waals surface area contributed by atoms with Crippen molar-refractivity contribution in [3.63, 3.8) is 0 Å². The predicted molar refractivity (Wildman–Crippen MR) is 116 cm³/mol. The molecule has 7 nitrogen and oxygen atoms in total. The van der Waals surface area contributed by atoms with Crippen molar-refractivity contribution in [2.75, 3.05) is 26.1 Å². The monoisotopic (exact) mass is 431 g/mol. The second-order valence-corrected chi connectivity index (χ2v) is 9.69. The smallest absolute Gasteiger partial charge is 0.340 e. The molecule has 0 unspecified atom stereocenters. The van der Waals surface area contributed by atoms with Crippen molar-refractivity contribution in [3.8, 4) is 11.5 Å². The van der Waals surface area contributed by atoms with Gasteiger partial charge in [0.15, 0.2) is 23.9 Å². The van der Waals surface area contributed by atoms with E-state index in [2.05, 4.69) is 5.32 Å². The minimum absolute atomic E-state index is 0.126. The normalized spacial score (nSPS) is 22.2. The van der Waals surface area contributed by atoms with Gasteiger partial charge in [-0.3, -0.25) is 9.59 Å². The molecule has 2 aliphatic rings. The molecule has 1 aromatic rings. The van der Waals surface area contributed by atoms with E-state index in [0.29, 0.717) is 35.4 Å². The summed E-state index contributed by atoms with van der Waals surface area (Å²) >= 11 is 0. The molecule has 2 fully saturated rings. The van der Waals surface area contributed by atoms with Gasteiger partial charge in [0.1, 0.15) is 0 Å². The zero-order valence-corrected chi connectivity index (χ0v) is 19.1. The van der Waals surface area contributed by atoms with Crippen molar-refractivity contribution >= 4 is 23.3 Å². The van der Waals surface area contributed by atoms with Crippen molar-refractivity contribution < 1.29 is 28.6 Å². The van der Waals surface area contributed by atoms with Crippen molar-refractivity contribution in [3.05, 3.63) is 17.7 Å². The molecule has 0 aliphatic heterocycles. The average molecular weight is 432 g/mol. The highest BCUT2D eigenvalue weighted by Gasteiger charge is 2.40. The Balaban J connectivity index is 1.76. The van der Waals surface area contributed by atoms with Crippen molar-refractivity contribution in [2.45, 2.75) is 52.9 Å². The first-order valence-electron chi connectivity index (χ1n) is 10.9. The standard InChI is InChI=1S/C24H33NO6/c1-24(2,3)21(26)13-31-23(28)17-11-19(29-4)20(30-5)12-18(17)25-22(27)10-16-9-14-6-7-15(16)8-14/h11-12,14-16H,6-10,13H2,1-5H3,(H,25,27)/t14-,15-,16-/m0/s1. The summed E-state index contributed by atoms with van der Waals surface area (Å²) in [4.78, 5) is 37.7. The molecule has 2 saturated carbocycles. The van der Waals surface area contributed by atoms with Crippen LogP contribution in [0.5, 0.6) is 11.5 Å². The first kappa shape index (κ1) is 23.1. The molecule has 0 saturated heterocycles. The van der Waals surface area contributed by atoms with Crippen LogP contribution in [0, 0.1) is 23.2 Å². The van der Waals surface area contributed by atoms with Crippen LogP contribution in [-0.2, 0) is 14.3 Å². The Hall–Kier alpha value is -2.57. The van der Waals surface area contributed by atoms with Gasteiger partial charge >= 0.3 is 5.97 Å². The third-order valence-electron chi connectivity index (χ3n) is 6.52. The number of nitrogens with one attached hydrogen (secondary N) is 1. The molecule has 2 aliphatic carbocycles. The van der Waals surface area contributed by atoms with Crippen LogP contribution in [0.3, 0.4) is 0 Å². The van der Waals surface area contributed by atoms with Gasteiger partial charge in [0, 0.05) is 24.0 Å². The van der Waals surface area contributed by atoms with Gasteiger partial charge in [0.2, 0.25) is 5.91 Å². The number of methoxy groups -OCH3 is 2. The van der Waals surface area contributed by atoms with E-state index in [9.17, 15) is 14.4 Å². The number of hydrogen-bond acceptors (Lipinski definition) is 6. The summed E-state index contributed by atoms with van der Waals surface area (Å²) in [5.74, 6) is 1.49. The first-order valence-corrected chi connectivity index (χ1v) is 10.9. The van der Waals surface area contributed by atoms with Crippen LogP contribution < -0.4 is 14.8 Å². The van der Waals surface area contributed by atoms with Crippen LogP contribution in [0.4, 0.5) is 5.69 Å². The zero-order chi connectivity index (χ0) is 22.8. The molecule has 1 aromatic carbocycles. The highest BCUT2D eigenvalue weighted by atomic mass is 16.5. The molecule has 31 heavy (non-hydrogen) atoms. The van der Waals surface area contributed by atoms with Crippen molar-refractivity contribution in [1.82, 2.24) is 0 Å². The van der Waals surface area contributed by atoms with Crippen molar-refractivity contribution in [1.29, 1.82) is 0 Å². The number of rotatable bonds is 8. The number of amides is 1. The molecular formula is C24H33NO6. The lowest BCUT2D eigenvalue weighted by molar-refractivity contribution is -0.129. The van der Waals surface area contributed by atoms with Crippen LogP contribution in [0.2, 0.25) is 0 Å². The molecule has 7 heteroatoms. The molecule has 1 N–H and O–H groups in total. The quantitative estimate of drug-likeness (QED) is 0.619. The van der Waals surface area contributed by atoms with Crippen LogP contribution in [0.25, 0.3) is 0 Å². The lowest BCUT2D eigenvalue weighted by Gasteiger charge is -2.21. The topological polar surface area (TPSA) is 90.9 Å². The molecular weight excluding hydrogens is 398 g/mol. The Morgan fingerprint density at radius 2 is 1.71 bits per heavy atom. The Morgan fingerprint density at radius 3 is 2.26 bits per heavy atom. The minimum atomic E-state index is -0.700. The second kappa shape index (κ2) is 9.28. The van der Waals surface area contributed by atoms with E-state index in [4.69, 9.17) is 14.2 Å². The van der Waals surface area contributed by atoms with E-state index in [1.807, 2.05) is 0 Å². The van der Waals surface area contributed by atoms with Crippen LogP contribution >= 0.6 is 0 Å². The van der Waals surface area contributed by atoms with E-state index >= 15 is 0 Å². The SMILES string of the molecule is COc1cc(NC(=O)C[C@@H]2C[C@H]3CC[C@H]2C3)c(C(=O)OCC(=O)C(C)(C)C)cc1OC. The maximum absolute atomic E-state index is 12.8. The van der Waals surface area contributed by atoms with Gasteiger partial charge in [-0.15, -0.1) is 0 Å². The molecule has 0 spiro atoms. The van der Waals surface area contributed by atoms with E-state index in [1.165, 1.54) is 39.5 Å². The number of carbonyl (C=O) groups excluding carboxylic acids is 3. The number of esters is 1. The molecule has 2 bridgehead atoms. The lowest BCUT2D eigenvalue weighted by Crippen LogP contribution is -2.27. The highest BCUT2D eigenvalue weighted by Crippen LogP contribution is 2.49. The fourth-order valence-electron chi connectivity index (χ4n) is 4.64. The largest absolute Gasteiger partial charge is 0.493 e. The second-order valence-electron chi connectivity index (χ2n) is 9.69. The minimum Gasteiger partial charge on any atom is -0.493 e. The van der Waals surface area contributed by atoms with Gasteiger partial charge in [-0.25, -0.2) is 4.79 Å². The van der Waals surface area contributed by atoms with E-state index < -0.39 is 11.4 Å². The summed E-state index contributed by atoms with van der Waals surface area (Å²) in [6.07, 6.45) is 5.26. The van der Waals surface area contributed by atoms with Crippen molar-refractivity contribution in [2.24, 2.45) is 23.2 Å². The molecule has 3 rings (SSSR count). The van der Waals surface area contributed by atoms with Gasteiger partial charge in [0.05, 0.1) is 25.5 Å². The molecule has 1 amide bonds. The zero-order valence-electron chi connectivity index (χ0n) is 19.1. The van der Waals surface area contributed by atoms with Gasteiger partial charge < -0.3 is 19.5 Å². The molecule has 0 radical (unpaired) electrons. The van der Waals surface area contributed by atoms with E-state index in [0.717, 1.165) is 12.3 Å². The summed E-state index contributed by atoms with van der Waals surface area (Å²) in [6.45, 7) is 4.96. The molecule has 0 aromatic heterocycles.